The number of nitrogens with zero attached hydrogens (tertiary/aromatic N) is 1. The summed E-state index contributed by atoms with van der Waals surface area (Å²) in [7, 11) is 0. The number of ether oxygens (including phenoxy) is 1. The summed E-state index contributed by atoms with van der Waals surface area (Å²) in [5.41, 5.74) is 5.70. The van der Waals surface area contributed by atoms with Crippen molar-refractivity contribution in [3.05, 3.63) is 0 Å². The summed E-state index contributed by atoms with van der Waals surface area (Å²) in [6, 6.07) is 0. The minimum Gasteiger partial charge on any atom is -0.365 e. The van der Waals surface area contributed by atoms with Gasteiger partial charge in [-0.15, -0.1) is 0 Å². The first kappa shape index (κ1) is 15.8. The Bertz CT molecular complexity index is 322. The predicted molar refractivity (Wildman–Crippen MR) is 80.3 cm³/mol. The Labute approximate surface area is 123 Å². The van der Waals surface area contributed by atoms with Crippen LogP contribution in [0.2, 0.25) is 0 Å². The number of carbonyl (C=O) groups is 1. The van der Waals surface area contributed by atoms with Gasteiger partial charge in [-0.05, 0) is 44.1 Å². The Kier molecular flexibility index (Phi) is 5.85. The van der Waals surface area contributed by atoms with Crippen LogP contribution in [0.3, 0.4) is 0 Å². The van der Waals surface area contributed by atoms with Crippen molar-refractivity contribution in [3.63, 3.8) is 0 Å². The lowest BCUT2D eigenvalue weighted by molar-refractivity contribution is -0.148. The third-order valence-corrected chi connectivity index (χ3v) is 4.82. The maximum Gasteiger partial charge on any atom is 0.251 e. The third-order valence-electron chi connectivity index (χ3n) is 4.82. The smallest absolute Gasteiger partial charge is 0.251 e. The monoisotopic (exact) mass is 282 g/mol. The molecule has 1 aliphatic heterocycles. The van der Waals surface area contributed by atoms with Gasteiger partial charge < -0.3 is 15.4 Å². The maximum atomic E-state index is 12.6. The number of carbonyl (C=O) groups excluding carboxylic acids is 1. The van der Waals surface area contributed by atoms with E-state index in [9.17, 15) is 4.79 Å². The molecule has 2 fully saturated rings. The van der Waals surface area contributed by atoms with Crippen LogP contribution in [0, 0.1) is 11.8 Å². The van der Waals surface area contributed by atoms with Crippen LogP contribution in [-0.4, -0.2) is 42.6 Å². The zero-order chi connectivity index (χ0) is 14.5. The van der Waals surface area contributed by atoms with Crippen molar-refractivity contribution >= 4 is 5.91 Å². The number of nitrogens with two attached hydrogens (primary N) is 1. The van der Waals surface area contributed by atoms with Crippen molar-refractivity contribution in [2.24, 2.45) is 17.6 Å². The average Bonchev–Trinajstić information content (AvgIpc) is 2.93. The first-order valence-electron chi connectivity index (χ1n) is 8.28. The van der Waals surface area contributed by atoms with Gasteiger partial charge in [-0.2, -0.15) is 0 Å². The molecule has 2 N–H and O–H groups in total. The Hall–Kier alpha value is -0.610. The fraction of sp³-hybridized carbons (Fsp3) is 0.938. The van der Waals surface area contributed by atoms with Crippen LogP contribution in [0.4, 0.5) is 0 Å². The SMILES string of the molecule is CCC(OC1CCCC(C)C1)C(=O)N1CCC(CN)C1. The van der Waals surface area contributed by atoms with Gasteiger partial charge in [0.25, 0.3) is 5.91 Å². The lowest BCUT2D eigenvalue weighted by Gasteiger charge is -2.31. The second-order valence-corrected chi connectivity index (χ2v) is 6.60. The Morgan fingerprint density at radius 2 is 2.20 bits per heavy atom. The van der Waals surface area contributed by atoms with Crippen molar-refractivity contribution in [1.29, 1.82) is 0 Å². The molecule has 0 aromatic carbocycles. The summed E-state index contributed by atoms with van der Waals surface area (Å²) in [5, 5.41) is 0. The molecular formula is C16H30N2O2. The van der Waals surface area contributed by atoms with Gasteiger partial charge in [0.2, 0.25) is 0 Å². The molecule has 4 unspecified atom stereocenters. The van der Waals surface area contributed by atoms with Gasteiger partial charge in [-0.1, -0.05) is 26.7 Å². The fourth-order valence-corrected chi connectivity index (χ4v) is 3.49. The molecule has 20 heavy (non-hydrogen) atoms. The fourth-order valence-electron chi connectivity index (χ4n) is 3.49. The number of hydrogen-bond acceptors (Lipinski definition) is 3. The highest BCUT2D eigenvalue weighted by Crippen LogP contribution is 2.27. The van der Waals surface area contributed by atoms with Crippen LogP contribution >= 0.6 is 0 Å². The quantitative estimate of drug-likeness (QED) is 0.841. The topological polar surface area (TPSA) is 55.6 Å². The van der Waals surface area contributed by atoms with Gasteiger partial charge in [-0.25, -0.2) is 0 Å². The van der Waals surface area contributed by atoms with Crippen LogP contribution in [0.5, 0.6) is 0 Å². The van der Waals surface area contributed by atoms with Crippen molar-refractivity contribution < 1.29 is 9.53 Å². The standard InChI is InChI=1S/C16H30N2O2/c1-3-15(20-14-6-4-5-12(2)9-14)16(19)18-8-7-13(10-17)11-18/h12-15H,3-11,17H2,1-2H3. The molecular weight excluding hydrogens is 252 g/mol. The van der Waals surface area contributed by atoms with Crippen LogP contribution < -0.4 is 5.73 Å². The van der Waals surface area contributed by atoms with Crippen molar-refractivity contribution in [2.75, 3.05) is 19.6 Å². The van der Waals surface area contributed by atoms with E-state index in [0.717, 1.165) is 44.7 Å². The summed E-state index contributed by atoms with van der Waals surface area (Å²) in [6.07, 6.45) is 6.59. The van der Waals surface area contributed by atoms with Gasteiger partial charge in [0.05, 0.1) is 6.10 Å². The normalized spacial score (nSPS) is 32.4. The Morgan fingerprint density at radius 1 is 1.40 bits per heavy atom. The van der Waals surface area contributed by atoms with Gasteiger partial charge in [-0.3, -0.25) is 4.79 Å². The summed E-state index contributed by atoms with van der Waals surface area (Å²) < 4.78 is 6.13. The Balaban J connectivity index is 1.86. The highest BCUT2D eigenvalue weighted by atomic mass is 16.5. The van der Waals surface area contributed by atoms with E-state index in [1.807, 2.05) is 11.8 Å². The van der Waals surface area contributed by atoms with E-state index < -0.39 is 0 Å². The van der Waals surface area contributed by atoms with E-state index in [1.54, 1.807) is 0 Å². The first-order valence-corrected chi connectivity index (χ1v) is 8.28. The second kappa shape index (κ2) is 7.41. The van der Waals surface area contributed by atoms with E-state index >= 15 is 0 Å². The van der Waals surface area contributed by atoms with Gasteiger partial charge in [0.15, 0.2) is 0 Å². The molecule has 1 aliphatic carbocycles. The molecule has 0 bridgehead atoms. The second-order valence-electron chi connectivity index (χ2n) is 6.60. The Morgan fingerprint density at radius 3 is 2.80 bits per heavy atom. The molecule has 2 rings (SSSR count). The summed E-state index contributed by atoms with van der Waals surface area (Å²) in [4.78, 5) is 14.5. The first-order chi connectivity index (χ1) is 9.63. The number of rotatable bonds is 5. The molecule has 4 atom stereocenters. The van der Waals surface area contributed by atoms with Gasteiger partial charge in [0.1, 0.15) is 6.10 Å². The third kappa shape index (κ3) is 3.95. The zero-order valence-electron chi connectivity index (χ0n) is 13.0. The summed E-state index contributed by atoms with van der Waals surface area (Å²) in [6.45, 7) is 6.68. The minimum absolute atomic E-state index is 0.182. The molecule has 116 valence electrons. The minimum atomic E-state index is -0.248. The molecule has 0 radical (unpaired) electrons. The largest absolute Gasteiger partial charge is 0.365 e. The van der Waals surface area contributed by atoms with E-state index in [4.69, 9.17) is 10.5 Å². The molecule has 0 aromatic rings. The number of hydrogen-bond donors (Lipinski definition) is 1. The maximum absolute atomic E-state index is 12.6. The number of amides is 1. The lowest BCUT2D eigenvalue weighted by atomic mass is 9.88. The van der Waals surface area contributed by atoms with E-state index in [2.05, 4.69) is 6.92 Å². The highest BCUT2D eigenvalue weighted by molar-refractivity contribution is 5.81. The highest BCUT2D eigenvalue weighted by Gasteiger charge is 2.32. The van der Waals surface area contributed by atoms with E-state index in [0.29, 0.717) is 12.5 Å². The van der Waals surface area contributed by atoms with Crippen LogP contribution in [-0.2, 0) is 9.53 Å². The van der Waals surface area contributed by atoms with E-state index in [1.165, 1.54) is 12.8 Å². The molecule has 1 amide bonds. The van der Waals surface area contributed by atoms with Gasteiger partial charge in [0, 0.05) is 13.1 Å². The van der Waals surface area contributed by atoms with Crippen molar-refractivity contribution in [2.45, 2.75) is 64.6 Å². The molecule has 1 saturated carbocycles. The molecule has 1 heterocycles. The molecule has 2 aliphatic rings. The van der Waals surface area contributed by atoms with Crippen molar-refractivity contribution in [1.82, 2.24) is 4.90 Å². The van der Waals surface area contributed by atoms with E-state index in [-0.39, 0.29) is 18.1 Å². The average molecular weight is 282 g/mol. The number of likely N-dealkylation sites (tertiary alicyclic amines) is 1. The van der Waals surface area contributed by atoms with Crippen LogP contribution in [0.1, 0.15) is 52.4 Å². The zero-order valence-corrected chi connectivity index (χ0v) is 13.0. The summed E-state index contributed by atoms with van der Waals surface area (Å²) >= 11 is 0. The lowest BCUT2D eigenvalue weighted by Crippen LogP contribution is -2.41. The summed E-state index contributed by atoms with van der Waals surface area (Å²) in [5.74, 6) is 1.39. The molecule has 4 heteroatoms. The van der Waals surface area contributed by atoms with Crippen LogP contribution in [0.15, 0.2) is 0 Å². The predicted octanol–water partition coefficient (Wildman–Crippen LogP) is 2.17. The molecule has 1 saturated heterocycles. The van der Waals surface area contributed by atoms with Crippen molar-refractivity contribution in [3.8, 4) is 0 Å². The van der Waals surface area contributed by atoms with Gasteiger partial charge >= 0.3 is 0 Å². The molecule has 0 spiro atoms. The molecule has 0 aromatic heterocycles. The van der Waals surface area contributed by atoms with Crippen LogP contribution in [0.25, 0.3) is 0 Å². The molecule has 4 nitrogen and oxygen atoms in total.